The monoisotopic (exact) mass is 182 g/mol. The van der Waals surface area contributed by atoms with E-state index in [-0.39, 0.29) is 6.04 Å². The first-order valence-corrected chi connectivity index (χ1v) is 5.03. The Morgan fingerprint density at radius 3 is 2.23 bits per heavy atom. The van der Waals surface area contributed by atoms with E-state index in [1.54, 1.807) is 0 Å². The molecule has 0 fully saturated rings. The van der Waals surface area contributed by atoms with Crippen LogP contribution in [0.5, 0.6) is 0 Å². The zero-order valence-electron chi connectivity index (χ0n) is 9.54. The SMILES string of the molecule is C=NC(C)C(C)/C(C)=N\C(C)CC. The average Bonchev–Trinajstić information content (AvgIpc) is 2.14. The van der Waals surface area contributed by atoms with Crippen LogP contribution in [-0.4, -0.2) is 24.5 Å². The van der Waals surface area contributed by atoms with Crippen LogP contribution in [-0.2, 0) is 0 Å². The molecule has 0 aromatic carbocycles. The lowest BCUT2D eigenvalue weighted by atomic mass is 9.99. The summed E-state index contributed by atoms with van der Waals surface area (Å²) in [4.78, 5) is 8.60. The summed E-state index contributed by atoms with van der Waals surface area (Å²) in [6, 6.07) is 0.701. The molecule has 0 amide bonds. The van der Waals surface area contributed by atoms with Crippen molar-refractivity contribution in [2.45, 2.75) is 53.1 Å². The summed E-state index contributed by atoms with van der Waals surface area (Å²) in [7, 11) is 0. The Morgan fingerprint density at radius 1 is 1.31 bits per heavy atom. The van der Waals surface area contributed by atoms with Gasteiger partial charge in [0.25, 0.3) is 0 Å². The fraction of sp³-hybridized carbons (Fsp3) is 0.818. The maximum absolute atomic E-state index is 4.59. The van der Waals surface area contributed by atoms with Gasteiger partial charge in [-0.3, -0.25) is 9.98 Å². The van der Waals surface area contributed by atoms with E-state index in [9.17, 15) is 0 Å². The highest BCUT2D eigenvalue weighted by molar-refractivity contribution is 5.84. The first-order valence-electron chi connectivity index (χ1n) is 5.03. The number of hydrogen-bond donors (Lipinski definition) is 0. The normalized spacial score (nSPS) is 19.3. The molecule has 0 aliphatic carbocycles. The average molecular weight is 182 g/mol. The molecule has 13 heavy (non-hydrogen) atoms. The van der Waals surface area contributed by atoms with Gasteiger partial charge in [0, 0.05) is 17.7 Å². The molecule has 3 atom stereocenters. The molecule has 0 aliphatic heterocycles. The van der Waals surface area contributed by atoms with Gasteiger partial charge in [-0.25, -0.2) is 0 Å². The minimum Gasteiger partial charge on any atom is -0.297 e. The molecule has 0 bridgehead atoms. The third-order valence-corrected chi connectivity index (χ3v) is 2.69. The van der Waals surface area contributed by atoms with Crippen molar-refractivity contribution >= 4 is 12.4 Å². The minimum absolute atomic E-state index is 0.271. The minimum atomic E-state index is 0.271. The Morgan fingerprint density at radius 2 is 1.85 bits per heavy atom. The van der Waals surface area contributed by atoms with Crippen LogP contribution in [0.15, 0.2) is 9.98 Å². The van der Waals surface area contributed by atoms with E-state index in [0.29, 0.717) is 12.0 Å². The highest BCUT2D eigenvalue weighted by Crippen LogP contribution is 2.10. The van der Waals surface area contributed by atoms with Crippen LogP contribution in [0.2, 0.25) is 0 Å². The van der Waals surface area contributed by atoms with Gasteiger partial charge >= 0.3 is 0 Å². The van der Waals surface area contributed by atoms with Gasteiger partial charge in [0.1, 0.15) is 0 Å². The third kappa shape index (κ3) is 4.20. The smallest absolute Gasteiger partial charge is 0.0541 e. The van der Waals surface area contributed by atoms with Gasteiger partial charge in [-0.2, -0.15) is 0 Å². The molecule has 2 heteroatoms. The second-order valence-electron chi connectivity index (χ2n) is 3.74. The molecule has 76 valence electrons. The van der Waals surface area contributed by atoms with Crippen molar-refractivity contribution < 1.29 is 0 Å². The summed E-state index contributed by atoms with van der Waals surface area (Å²) in [5.74, 6) is 0.409. The van der Waals surface area contributed by atoms with Gasteiger partial charge in [-0.15, -0.1) is 0 Å². The summed E-state index contributed by atoms with van der Waals surface area (Å²) < 4.78 is 0. The Balaban J connectivity index is 4.31. The first-order chi connectivity index (χ1) is 6.02. The molecular formula is C11H22N2. The van der Waals surface area contributed by atoms with E-state index < -0.39 is 0 Å². The summed E-state index contributed by atoms with van der Waals surface area (Å²) in [5.41, 5.74) is 1.19. The van der Waals surface area contributed by atoms with Crippen LogP contribution in [0.1, 0.15) is 41.0 Å². The van der Waals surface area contributed by atoms with Crippen LogP contribution in [0.25, 0.3) is 0 Å². The number of hydrogen-bond acceptors (Lipinski definition) is 2. The molecule has 0 aromatic heterocycles. The van der Waals surface area contributed by atoms with Crippen molar-refractivity contribution in [3.8, 4) is 0 Å². The Hall–Kier alpha value is -0.660. The van der Waals surface area contributed by atoms with Gasteiger partial charge in [-0.05, 0) is 33.9 Å². The lowest BCUT2D eigenvalue weighted by molar-refractivity contribution is 0.605. The maximum Gasteiger partial charge on any atom is 0.0541 e. The highest BCUT2D eigenvalue weighted by atomic mass is 14.8. The molecule has 0 radical (unpaired) electrons. The van der Waals surface area contributed by atoms with Crippen molar-refractivity contribution in [2.75, 3.05) is 0 Å². The van der Waals surface area contributed by atoms with E-state index in [1.807, 2.05) is 0 Å². The summed E-state index contributed by atoms with van der Waals surface area (Å²) >= 11 is 0. The quantitative estimate of drug-likeness (QED) is 0.584. The van der Waals surface area contributed by atoms with Crippen molar-refractivity contribution in [2.24, 2.45) is 15.9 Å². The standard InChI is InChI=1S/C11H22N2/c1-7-8(2)13-11(5)9(3)10(4)12-6/h8-10H,6-7H2,1-5H3/b13-11-. The zero-order valence-corrected chi connectivity index (χ0v) is 9.54. The van der Waals surface area contributed by atoms with Crippen LogP contribution >= 0.6 is 0 Å². The van der Waals surface area contributed by atoms with Gasteiger partial charge in [-0.1, -0.05) is 13.8 Å². The van der Waals surface area contributed by atoms with E-state index in [1.165, 1.54) is 5.71 Å². The van der Waals surface area contributed by atoms with Crippen molar-refractivity contribution in [1.29, 1.82) is 0 Å². The number of aliphatic imine (C=N–C) groups is 2. The number of rotatable bonds is 5. The van der Waals surface area contributed by atoms with Gasteiger partial charge in [0.2, 0.25) is 0 Å². The fourth-order valence-electron chi connectivity index (χ4n) is 1.06. The third-order valence-electron chi connectivity index (χ3n) is 2.69. The molecule has 2 nitrogen and oxygen atoms in total. The largest absolute Gasteiger partial charge is 0.297 e. The van der Waals surface area contributed by atoms with Crippen molar-refractivity contribution in [3.63, 3.8) is 0 Å². The van der Waals surface area contributed by atoms with Crippen LogP contribution < -0.4 is 0 Å². The second-order valence-corrected chi connectivity index (χ2v) is 3.74. The van der Waals surface area contributed by atoms with Crippen LogP contribution in [0, 0.1) is 5.92 Å². The van der Waals surface area contributed by atoms with E-state index in [4.69, 9.17) is 0 Å². The van der Waals surface area contributed by atoms with Crippen LogP contribution in [0.4, 0.5) is 0 Å². The molecular weight excluding hydrogens is 160 g/mol. The second kappa shape index (κ2) is 5.90. The lowest BCUT2D eigenvalue weighted by Gasteiger charge is -2.16. The van der Waals surface area contributed by atoms with Crippen molar-refractivity contribution in [1.82, 2.24) is 0 Å². The van der Waals surface area contributed by atoms with Crippen molar-refractivity contribution in [3.05, 3.63) is 0 Å². The van der Waals surface area contributed by atoms with E-state index in [2.05, 4.69) is 51.3 Å². The topological polar surface area (TPSA) is 24.7 Å². The Labute approximate surface area is 82.2 Å². The molecule has 0 rings (SSSR count). The lowest BCUT2D eigenvalue weighted by Crippen LogP contribution is -2.20. The molecule has 0 saturated heterocycles. The zero-order chi connectivity index (χ0) is 10.4. The van der Waals surface area contributed by atoms with Gasteiger partial charge in [0.15, 0.2) is 0 Å². The predicted octanol–water partition coefficient (Wildman–Crippen LogP) is 2.97. The number of nitrogens with zero attached hydrogens (tertiary/aromatic N) is 2. The summed E-state index contributed by atoms with van der Waals surface area (Å²) in [6.45, 7) is 14.2. The summed E-state index contributed by atoms with van der Waals surface area (Å²) in [6.07, 6.45) is 1.10. The molecule has 0 spiro atoms. The summed E-state index contributed by atoms with van der Waals surface area (Å²) in [5, 5.41) is 0. The molecule has 3 unspecified atom stereocenters. The first kappa shape index (κ1) is 12.3. The molecule has 0 saturated carbocycles. The Kier molecular flexibility index (Phi) is 5.60. The van der Waals surface area contributed by atoms with Gasteiger partial charge < -0.3 is 0 Å². The Bertz CT molecular complexity index is 185. The maximum atomic E-state index is 4.59. The van der Waals surface area contributed by atoms with Gasteiger partial charge in [0.05, 0.1) is 6.04 Å². The fourth-order valence-corrected chi connectivity index (χ4v) is 1.06. The predicted molar refractivity (Wildman–Crippen MR) is 61.0 cm³/mol. The molecule has 0 aromatic rings. The van der Waals surface area contributed by atoms with Crippen LogP contribution in [0.3, 0.4) is 0 Å². The highest BCUT2D eigenvalue weighted by Gasteiger charge is 2.13. The van der Waals surface area contributed by atoms with E-state index >= 15 is 0 Å². The molecule has 0 heterocycles. The molecule has 0 aliphatic rings. The van der Waals surface area contributed by atoms with E-state index in [0.717, 1.165) is 6.42 Å². The molecule has 0 N–H and O–H groups in total.